The number of nitrogens with one attached hydrogen (secondary N) is 2. The minimum absolute atomic E-state index is 0. The summed E-state index contributed by atoms with van der Waals surface area (Å²) >= 11 is 0. The van der Waals surface area contributed by atoms with Gasteiger partial charge in [0.2, 0.25) is 0 Å². The summed E-state index contributed by atoms with van der Waals surface area (Å²) in [4.78, 5) is 6.86. The second kappa shape index (κ2) is 11.6. The van der Waals surface area contributed by atoms with E-state index >= 15 is 0 Å². The van der Waals surface area contributed by atoms with Gasteiger partial charge in [-0.25, -0.2) is 9.38 Å². The van der Waals surface area contributed by atoms with E-state index in [0.29, 0.717) is 6.54 Å². The predicted molar refractivity (Wildman–Crippen MR) is 102 cm³/mol. The van der Waals surface area contributed by atoms with Crippen LogP contribution in [0, 0.1) is 5.82 Å². The van der Waals surface area contributed by atoms with E-state index in [4.69, 9.17) is 4.74 Å². The Morgan fingerprint density at radius 3 is 2.78 bits per heavy atom. The molecule has 0 spiro atoms. The molecular formula is C16H26FIN4O. The first kappa shape index (κ1) is 20.1. The normalized spacial score (nSPS) is 15.8. The molecule has 2 N–H and O–H groups in total. The van der Waals surface area contributed by atoms with Gasteiger partial charge in [-0.2, -0.15) is 0 Å². The highest BCUT2D eigenvalue weighted by Gasteiger charge is 2.09. The lowest BCUT2D eigenvalue weighted by atomic mass is 10.2. The van der Waals surface area contributed by atoms with Gasteiger partial charge in [0, 0.05) is 32.7 Å². The number of guanidine groups is 1. The first-order valence-electron chi connectivity index (χ1n) is 7.84. The van der Waals surface area contributed by atoms with Crippen molar-refractivity contribution >= 4 is 29.9 Å². The van der Waals surface area contributed by atoms with E-state index in [0.717, 1.165) is 57.5 Å². The number of hydrogen-bond acceptors (Lipinski definition) is 3. The topological polar surface area (TPSA) is 48.9 Å². The van der Waals surface area contributed by atoms with E-state index < -0.39 is 0 Å². The molecule has 0 atom stereocenters. The molecule has 1 aliphatic rings. The molecule has 1 fully saturated rings. The van der Waals surface area contributed by atoms with Crippen LogP contribution in [0.25, 0.3) is 0 Å². The Hall–Kier alpha value is -0.930. The Labute approximate surface area is 154 Å². The van der Waals surface area contributed by atoms with E-state index in [2.05, 4.69) is 20.5 Å². The zero-order valence-electron chi connectivity index (χ0n) is 13.6. The van der Waals surface area contributed by atoms with Crippen LogP contribution in [0.1, 0.15) is 12.5 Å². The smallest absolute Gasteiger partial charge is 0.191 e. The van der Waals surface area contributed by atoms with Crippen LogP contribution in [0.5, 0.6) is 0 Å². The van der Waals surface area contributed by atoms with Crippen molar-refractivity contribution in [3.63, 3.8) is 0 Å². The van der Waals surface area contributed by atoms with Crippen molar-refractivity contribution in [1.82, 2.24) is 15.5 Å². The monoisotopic (exact) mass is 436 g/mol. The third kappa shape index (κ3) is 7.94. The summed E-state index contributed by atoms with van der Waals surface area (Å²) in [6, 6.07) is 6.54. The molecule has 5 nitrogen and oxygen atoms in total. The van der Waals surface area contributed by atoms with E-state index in [9.17, 15) is 4.39 Å². The maximum Gasteiger partial charge on any atom is 0.191 e. The lowest BCUT2D eigenvalue weighted by molar-refractivity contribution is 0.0389. The van der Waals surface area contributed by atoms with Gasteiger partial charge in [-0.05, 0) is 24.6 Å². The number of hydrogen-bond donors (Lipinski definition) is 2. The van der Waals surface area contributed by atoms with Crippen LogP contribution in [-0.4, -0.2) is 56.8 Å². The average Bonchev–Trinajstić information content (AvgIpc) is 2.54. The molecule has 0 unspecified atom stereocenters. The van der Waals surface area contributed by atoms with Gasteiger partial charge in [0.05, 0.1) is 19.8 Å². The van der Waals surface area contributed by atoms with Crippen molar-refractivity contribution in [3.8, 4) is 0 Å². The fraction of sp³-hybridized carbons (Fsp3) is 0.562. The number of halogens is 2. The second-order valence-corrected chi connectivity index (χ2v) is 5.21. The summed E-state index contributed by atoms with van der Waals surface area (Å²) in [5.74, 6) is 0.540. The van der Waals surface area contributed by atoms with Crippen LogP contribution in [0.15, 0.2) is 29.3 Å². The van der Waals surface area contributed by atoms with Gasteiger partial charge >= 0.3 is 0 Å². The maximum absolute atomic E-state index is 13.2. The van der Waals surface area contributed by atoms with Crippen molar-refractivity contribution < 1.29 is 9.13 Å². The molecule has 0 saturated carbocycles. The molecule has 0 aliphatic carbocycles. The molecule has 0 bridgehead atoms. The highest BCUT2D eigenvalue weighted by molar-refractivity contribution is 14.0. The average molecular weight is 436 g/mol. The van der Waals surface area contributed by atoms with Crippen molar-refractivity contribution in [3.05, 3.63) is 35.6 Å². The summed E-state index contributed by atoms with van der Waals surface area (Å²) in [6.45, 7) is 8.68. The van der Waals surface area contributed by atoms with Crippen molar-refractivity contribution in [1.29, 1.82) is 0 Å². The fourth-order valence-corrected chi connectivity index (χ4v) is 2.30. The molecule has 23 heavy (non-hydrogen) atoms. The summed E-state index contributed by atoms with van der Waals surface area (Å²) in [5, 5.41) is 6.52. The van der Waals surface area contributed by atoms with Gasteiger partial charge in [0.1, 0.15) is 5.82 Å². The number of nitrogens with zero attached hydrogens (tertiary/aromatic N) is 2. The third-order valence-corrected chi connectivity index (χ3v) is 3.48. The Bertz CT molecular complexity index is 481. The van der Waals surface area contributed by atoms with Crippen LogP contribution in [0.2, 0.25) is 0 Å². The van der Waals surface area contributed by atoms with Crippen molar-refractivity contribution in [2.45, 2.75) is 13.5 Å². The summed E-state index contributed by atoms with van der Waals surface area (Å²) in [6.07, 6.45) is 0. The molecule has 0 aromatic heterocycles. The van der Waals surface area contributed by atoms with Crippen molar-refractivity contribution in [2.75, 3.05) is 45.9 Å². The Kier molecular flexibility index (Phi) is 10.1. The lowest BCUT2D eigenvalue weighted by Gasteiger charge is -2.26. The third-order valence-electron chi connectivity index (χ3n) is 3.48. The number of ether oxygens (including phenoxy) is 1. The number of rotatable bonds is 6. The van der Waals surface area contributed by atoms with Gasteiger partial charge in [-0.15, -0.1) is 24.0 Å². The van der Waals surface area contributed by atoms with E-state index in [1.165, 1.54) is 12.1 Å². The zero-order chi connectivity index (χ0) is 15.6. The number of morpholine rings is 1. The summed E-state index contributed by atoms with van der Waals surface area (Å²) < 4.78 is 18.5. The van der Waals surface area contributed by atoms with Gasteiger partial charge < -0.3 is 15.4 Å². The van der Waals surface area contributed by atoms with E-state index in [1.54, 1.807) is 6.07 Å². The Balaban J connectivity index is 0.00000264. The van der Waals surface area contributed by atoms with Crippen LogP contribution < -0.4 is 10.6 Å². The number of benzene rings is 1. The molecule has 7 heteroatoms. The molecular weight excluding hydrogens is 410 g/mol. The fourth-order valence-electron chi connectivity index (χ4n) is 2.30. The minimum atomic E-state index is -0.224. The molecule has 1 saturated heterocycles. The Morgan fingerprint density at radius 1 is 1.30 bits per heavy atom. The van der Waals surface area contributed by atoms with Crippen LogP contribution in [-0.2, 0) is 11.3 Å². The van der Waals surface area contributed by atoms with Crippen LogP contribution in [0.4, 0.5) is 4.39 Å². The molecule has 1 heterocycles. The predicted octanol–water partition coefficient (Wildman–Crippen LogP) is 1.83. The number of aliphatic imine (C=N–C) groups is 1. The molecule has 1 aromatic carbocycles. The largest absolute Gasteiger partial charge is 0.379 e. The highest BCUT2D eigenvalue weighted by Crippen LogP contribution is 2.04. The standard InChI is InChI=1S/C16H25FN4O.HI/c1-2-18-16(19-6-7-21-8-10-22-11-9-21)20-13-14-4-3-5-15(17)12-14;/h3-5,12H,2,6-11,13H2,1H3,(H2,18,19,20);1H. The Morgan fingerprint density at radius 2 is 2.09 bits per heavy atom. The second-order valence-electron chi connectivity index (χ2n) is 5.21. The first-order chi connectivity index (χ1) is 10.8. The summed E-state index contributed by atoms with van der Waals surface area (Å²) in [5.41, 5.74) is 0.866. The van der Waals surface area contributed by atoms with Crippen LogP contribution >= 0.6 is 24.0 Å². The molecule has 2 rings (SSSR count). The van der Waals surface area contributed by atoms with Crippen LogP contribution in [0.3, 0.4) is 0 Å². The molecule has 1 aliphatic heterocycles. The molecule has 0 amide bonds. The lowest BCUT2D eigenvalue weighted by Crippen LogP contribution is -2.44. The minimum Gasteiger partial charge on any atom is -0.379 e. The maximum atomic E-state index is 13.2. The quantitative estimate of drug-likeness (QED) is 0.406. The molecule has 130 valence electrons. The SMILES string of the molecule is CCNC(=NCc1cccc(F)c1)NCCN1CCOCC1.I. The van der Waals surface area contributed by atoms with Gasteiger partial charge in [-0.3, -0.25) is 4.90 Å². The van der Waals surface area contributed by atoms with E-state index in [1.807, 2.05) is 13.0 Å². The molecule has 0 radical (unpaired) electrons. The van der Waals surface area contributed by atoms with Crippen molar-refractivity contribution in [2.24, 2.45) is 4.99 Å². The van der Waals surface area contributed by atoms with Gasteiger partial charge in [-0.1, -0.05) is 12.1 Å². The van der Waals surface area contributed by atoms with E-state index in [-0.39, 0.29) is 29.8 Å². The zero-order valence-corrected chi connectivity index (χ0v) is 15.9. The molecule has 1 aromatic rings. The van der Waals surface area contributed by atoms with Gasteiger partial charge in [0.15, 0.2) is 5.96 Å². The highest BCUT2D eigenvalue weighted by atomic mass is 127. The van der Waals surface area contributed by atoms with Gasteiger partial charge in [0.25, 0.3) is 0 Å². The first-order valence-corrected chi connectivity index (χ1v) is 7.84. The summed E-state index contributed by atoms with van der Waals surface area (Å²) in [7, 11) is 0.